The molecule has 2 heterocycles. The highest BCUT2D eigenvalue weighted by Crippen LogP contribution is 2.37. The van der Waals surface area contributed by atoms with Crippen molar-refractivity contribution in [1.29, 1.82) is 0 Å². The van der Waals surface area contributed by atoms with Crippen LogP contribution in [0.5, 0.6) is 0 Å². The number of carbonyl (C=O) groups is 2. The SMILES string of the molecule is O=C(c1ccc(-c2nc3ccc(Cl)cc3[nH]2)cc1)N1CCN(C(=O)C2(O)CC2)CC1. The summed E-state index contributed by atoms with van der Waals surface area (Å²) in [6.45, 7) is 1.83. The summed E-state index contributed by atoms with van der Waals surface area (Å²) in [5, 5.41) is 10.6. The van der Waals surface area contributed by atoms with Crippen LogP contribution in [0.4, 0.5) is 0 Å². The second-order valence-corrected chi connectivity index (χ2v) is 8.38. The number of fused-ring (bicyclic) bond motifs is 1. The molecular weight excluding hydrogens is 404 g/mol. The molecule has 2 fully saturated rings. The van der Waals surface area contributed by atoms with Crippen molar-refractivity contribution < 1.29 is 14.7 Å². The molecule has 1 saturated heterocycles. The number of hydrogen-bond acceptors (Lipinski definition) is 4. The molecule has 8 heteroatoms. The molecule has 30 heavy (non-hydrogen) atoms. The smallest absolute Gasteiger partial charge is 0.254 e. The molecule has 0 bridgehead atoms. The Labute approximate surface area is 178 Å². The third-order valence-corrected chi connectivity index (χ3v) is 6.06. The van der Waals surface area contributed by atoms with E-state index in [1.54, 1.807) is 28.0 Å². The topological polar surface area (TPSA) is 89.5 Å². The fourth-order valence-electron chi connectivity index (χ4n) is 3.81. The normalized spacial score (nSPS) is 17.9. The van der Waals surface area contributed by atoms with Gasteiger partial charge in [-0.1, -0.05) is 23.7 Å². The molecule has 7 nitrogen and oxygen atoms in total. The third kappa shape index (κ3) is 3.44. The molecule has 1 aliphatic carbocycles. The molecule has 154 valence electrons. The van der Waals surface area contributed by atoms with Crippen LogP contribution >= 0.6 is 11.6 Å². The number of halogens is 1. The molecule has 2 aromatic carbocycles. The van der Waals surface area contributed by atoms with Crippen molar-refractivity contribution in [2.24, 2.45) is 0 Å². The van der Waals surface area contributed by atoms with Gasteiger partial charge in [0, 0.05) is 42.3 Å². The van der Waals surface area contributed by atoms with Crippen LogP contribution < -0.4 is 0 Å². The molecule has 3 aromatic rings. The zero-order valence-corrected chi connectivity index (χ0v) is 17.0. The number of aromatic amines is 1. The van der Waals surface area contributed by atoms with E-state index in [9.17, 15) is 14.7 Å². The number of nitrogens with one attached hydrogen (secondary N) is 1. The number of nitrogens with zero attached hydrogens (tertiary/aromatic N) is 3. The van der Waals surface area contributed by atoms with Crippen LogP contribution in [-0.4, -0.2) is 68.5 Å². The van der Waals surface area contributed by atoms with E-state index in [0.29, 0.717) is 49.6 Å². The van der Waals surface area contributed by atoms with E-state index >= 15 is 0 Å². The average Bonchev–Trinajstić information content (AvgIpc) is 3.38. The summed E-state index contributed by atoms with van der Waals surface area (Å²) in [4.78, 5) is 36.3. The maximum atomic E-state index is 12.8. The fraction of sp³-hybridized carbons (Fsp3) is 0.318. The highest BCUT2D eigenvalue weighted by molar-refractivity contribution is 6.31. The third-order valence-electron chi connectivity index (χ3n) is 5.83. The Morgan fingerprint density at radius 3 is 2.33 bits per heavy atom. The first-order valence-corrected chi connectivity index (χ1v) is 10.4. The van der Waals surface area contributed by atoms with Gasteiger partial charge >= 0.3 is 0 Å². The number of imidazole rings is 1. The van der Waals surface area contributed by atoms with E-state index < -0.39 is 5.60 Å². The van der Waals surface area contributed by atoms with E-state index in [0.717, 1.165) is 22.4 Å². The average molecular weight is 425 g/mol. The van der Waals surface area contributed by atoms with E-state index in [4.69, 9.17) is 11.6 Å². The quantitative estimate of drug-likeness (QED) is 0.676. The summed E-state index contributed by atoms with van der Waals surface area (Å²) in [5.74, 6) is 0.456. The van der Waals surface area contributed by atoms with Gasteiger partial charge in [0.25, 0.3) is 11.8 Å². The van der Waals surface area contributed by atoms with Gasteiger partial charge in [-0.25, -0.2) is 4.98 Å². The maximum Gasteiger partial charge on any atom is 0.254 e. The van der Waals surface area contributed by atoms with Crippen molar-refractivity contribution in [1.82, 2.24) is 19.8 Å². The Hall–Kier alpha value is -2.90. The van der Waals surface area contributed by atoms with Gasteiger partial charge in [0.05, 0.1) is 11.0 Å². The molecule has 2 amide bonds. The Bertz CT molecular complexity index is 1130. The summed E-state index contributed by atoms with van der Waals surface area (Å²) in [5.41, 5.74) is 2.02. The Morgan fingerprint density at radius 2 is 1.67 bits per heavy atom. The summed E-state index contributed by atoms with van der Waals surface area (Å²) in [6, 6.07) is 12.8. The highest BCUT2D eigenvalue weighted by atomic mass is 35.5. The molecule has 1 aliphatic heterocycles. The van der Waals surface area contributed by atoms with Crippen molar-refractivity contribution in [3.63, 3.8) is 0 Å². The van der Waals surface area contributed by atoms with Gasteiger partial charge in [0.15, 0.2) is 0 Å². The van der Waals surface area contributed by atoms with Crippen molar-refractivity contribution in [3.8, 4) is 11.4 Å². The standard InChI is InChI=1S/C22H21ClN4O3/c23-16-5-6-17-18(13-16)25-19(24-17)14-1-3-15(4-2-14)20(28)26-9-11-27(12-10-26)21(29)22(30)7-8-22/h1-6,13,30H,7-12H2,(H,24,25). The van der Waals surface area contributed by atoms with Crippen molar-refractivity contribution in [2.45, 2.75) is 18.4 Å². The van der Waals surface area contributed by atoms with Crippen molar-refractivity contribution >= 4 is 34.4 Å². The Kier molecular flexibility index (Phi) is 4.52. The first-order valence-electron chi connectivity index (χ1n) is 10.00. The van der Waals surface area contributed by atoms with Gasteiger partial charge in [-0.3, -0.25) is 9.59 Å². The molecule has 0 radical (unpaired) electrons. The number of rotatable bonds is 3. The molecule has 0 spiro atoms. The van der Waals surface area contributed by atoms with Gasteiger partial charge < -0.3 is 19.9 Å². The predicted molar refractivity (Wildman–Crippen MR) is 113 cm³/mol. The molecule has 1 saturated carbocycles. The Balaban J connectivity index is 1.26. The highest BCUT2D eigenvalue weighted by Gasteiger charge is 2.50. The monoisotopic (exact) mass is 424 g/mol. The molecule has 0 unspecified atom stereocenters. The molecular formula is C22H21ClN4O3. The molecule has 5 rings (SSSR count). The van der Waals surface area contributed by atoms with Crippen LogP contribution in [0.2, 0.25) is 5.02 Å². The fourth-order valence-corrected chi connectivity index (χ4v) is 3.98. The summed E-state index contributed by atoms with van der Waals surface area (Å²) in [7, 11) is 0. The summed E-state index contributed by atoms with van der Waals surface area (Å²) in [6.07, 6.45) is 1.07. The maximum absolute atomic E-state index is 12.8. The van der Waals surface area contributed by atoms with Gasteiger partial charge in [-0.15, -0.1) is 0 Å². The first kappa shape index (κ1) is 19.1. The number of aromatic nitrogens is 2. The van der Waals surface area contributed by atoms with Crippen molar-refractivity contribution in [2.75, 3.05) is 26.2 Å². The van der Waals surface area contributed by atoms with Crippen molar-refractivity contribution in [3.05, 3.63) is 53.1 Å². The zero-order valence-electron chi connectivity index (χ0n) is 16.3. The predicted octanol–water partition coefficient (Wildman–Crippen LogP) is 2.69. The van der Waals surface area contributed by atoms with Crippen LogP contribution in [-0.2, 0) is 4.79 Å². The second kappa shape index (κ2) is 7.11. The van der Waals surface area contributed by atoms with Gasteiger partial charge in [0.1, 0.15) is 11.4 Å². The van der Waals surface area contributed by atoms with E-state index in [1.807, 2.05) is 24.3 Å². The number of piperazine rings is 1. The van der Waals surface area contributed by atoms with Crippen LogP contribution in [0.3, 0.4) is 0 Å². The van der Waals surface area contributed by atoms with E-state index in [2.05, 4.69) is 9.97 Å². The first-order chi connectivity index (χ1) is 14.4. The number of benzene rings is 2. The van der Waals surface area contributed by atoms with Gasteiger partial charge in [-0.05, 0) is 43.2 Å². The van der Waals surface area contributed by atoms with E-state index in [1.165, 1.54) is 0 Å². The number of carbonyl (C=O) groups excluding carboxylic acids is 2. The van der Waals surface area contributed by atoms with Gasteiger partial charge in [-0.2, -0.15) is 0 Å². The zero-order chi connectivity index (χ0) is 20.9. The molecule has 0 atom stereocenters. The number of H-pyrrole nitrogens is 1. The minimum atomic E-state index is -1.15. The molecule has 2 aliphatic rings. The summed E-state index contributed by atoms with van der Waals surface area (Å²) < 4.78 is 0. The number of aliphatic hydroxyl groups is 1. The van der Waals surface area contributed by atoms with Crippen LogP contribution in [0.25, 0.3) is 22.4 Å². The van der Waals surface area contributed by atoms with E-state index in [-0.39, 0.29) is 11.8 Å². The second-order valence-electron chi connectivity index (χ2n) is 7.94. The van der Waals surface area contributed by atoms with Crippen LogP contribution in [0, 0.1) is 0 Å². The lowest BCUT2D eigenvalue weighted by Crippen LogP contribution is -2.53. The minimum absolute atomic E-state index is 0.0600. The lowest BCUT2D eigenvalue weighted by molar-refractivity contribution is -0.143. The molecule has 1 aromatic heterocycles. The number of amides is 2. The minimum Gasteiger partial charge on any atom is -0.380 e. The van der Waals surface area contributed by atoms with Crippen LogP contribution in [0.15, 0.2) is 42.5 Å². The number of hydrogen-bond donors (Lipinski definition) is 2. The lowest BCUT2D eigenvalue weighted by Gasteiger charge is -2.35. The summed E-state index contributed by atoms with van der Waals surface area (Å²) >= 11 is 6.03. The molecule has 2 N–H and O–H groups in total. The van der Waals surface area contributed by atoms with Crippen LogP contribution in [0.1, 0.15) is 23.2 Å². The van der Waals surface area contributed by atoms with Gasteiger partial charge in [0.2, 0.25) is 0 Å². The lowest BCUT2D eigenvalue weighted by atomic mass is 10.1. The largest absolute Gasteiger partial charge is 0.380 e. The Morgan fingerprint density at radius 1 is 1.00 bits per heavy atom.